The van der Waals surface area contributed by atoms with Crippen LogP contribution in [0, 0.1) is 0 Å². The van der Waals surface area contributed by atoms with Crippen molar-refractivity contribution in [3.05, 3.63) is 34.1 Å². The number of methoxy groups -OCH3 is 1. The molecule has 0 aromatic carbocycles. The van der Waals surface area contributed by atoms with Crippen molar-refractivity contribution in [2.24, 2.45) is 0 Å². The molecule has 0 bridgehead atoms. The minimum Gasteiger partial charge on any atom is -0.376 e. The second-order valence-electron chi connectivity index (χ2n) is 5.65. The third-order valence-electron chi connectivity index (χ3n) is 3.85. The fourth-order valence-corrected chi connectivity index (χ4v) is 3.40. The van der Waals surface area contributed by atoms with Crippen LogP contribution in [0.25, 0.3) is 0 Å². The summed E-state index contributed by atoms with van der Waals surface area (Å²) in [6.07, 6.45) is 2.58. The third kappa shape index (κ3) is 4.40. The molecule has 0 N–H and O–H groups in total. The van der Waals surface area contributed by atoms with Gasteiger partial charge in [0.2, 0.25) is 0 Å². The Kier molecular flexibility index (Phi) is 5.95. The van der Waals surface area contributed by atoms with E-state index in [1.807, 2.05) is 22.4 Å². The molecule has 1 aliphatic rings. The lowest BCUT2D eigenvalue weighted by Gasteiger charge is -2.32. The Balaban J connectivity index is 1.44. The molecule has 1 amide bonds. The van der Waals surface area contributed by atoms with Crippen molar-refractivity contribution in [3.8, 4) is 0 Å². The summed E-state index contributed by atoms with van der Waals surface area (Å²) < 4.78 is 15.9. The first-order valence-electron chi connectivity index (χ1n) is 8.01. The highest BCUT2D eigenvalue weighted by Crippen LogP contribution is 2.18. The molecule has 1 atom stereocenters. The summed E-state index contributed by atoms with van der Waals surface area (Å²) in [5.74, 6) is 1.18. The van der Waals surface area contributed by atoms with Crippen LogP contribution in [-0.4, -0.2) is 53.9 Å². The van der Waals surface area contributed by atoms with Crippen LogP contribution in [0.4, 0.5) is 0 Å². The number of amides is 1. The molecule has 3 rings (SSSR count). The summed E-state index contributed by atoms with van der Waals surface area (Å²) in [4.78, 5) is 19.3. The molecule has 0 aliphatic carbocycles. The predicted octanol–water partition coefficient (Wildman–Crippen LogP) is 2.14. The second kappa shape index (κ2) is 8.36. The van der Waals surface area contributed by atoms with E-state index < -0.39 is 0 Å². The lowest BCUT2D eigenvalue weighted by Crippen LogP contribution is -2.43. The van der Waals surface area contributed by atoms with E-state index in [0.29, 0.717) is 37.9 Å². The Morgan fingerprint density at radius 2 is 2.46 bits per heavy atom. The highest BCUT2D eigenvalue weighted by Gasteiger charge is 2.25. The third-order valence-corrected chi connectivity index (χ3v) is 4.71. The molecular weight excluding hydrogens is 330 g/mol. The van der Waals surface area contributed by atoms with Gasteiger partial charge in [0.25, 0.3) is 11.8 Å². The van der Waals surface area contributed by atoms with E-state index in [1.54, 1.807) is 7.11 Å². The minimum atomic E-state index is 0.0630. The maximum Gasteiger partial charge on any atom is 0.264 e. The minimum absolute atomic E-state index is 0.0630. The number of thiophene rings is 1. The second-order valence-corrected chi connectivity index (χ2v) is 6.60. The quantitative estimate of drug-likeness (QED) is 0.760. The topological polar surface area (TPSA) is 77.7 Å². The smallest absolute Gasteiger partial charge is 0.264 e. The number of hydrogen-bond acceptors (Lipinski definition) is 7. The summed E-state index contributed by atoms with van der Waals surface area (Å²) in [5, 5.41) is 5.81. The van der Waals surface area contributed by atoms with E-state index >= 15 is 0 Å². The monoisotopic (exact) mass is 351 g/mol. The Bertz CT molecular complexity index is 644. The molecule has 7 nitrogen and oxygen atoms in total. The van der Waals surface area contributed by atoms with Crippen LogP contribution >= 0.6 is 11.3 Å². The van der Waals surface area contributed by atoms with Gasteiger partial charge in [-0.15, -0.1) is 11.3 Å². The Morgan fingerprint density at radius 3 is 3.25 bits per heavy atom. The number of aromatic nitrogens is 2. The van der Waals surface area contributed by atoms with Gasteiger partial charge < -0.3 is 18.9 Å². The molecule has 1 saturated heterocycles. The van der Waals surface area contributed by atoms with E-state index in [0.717, 1.165) is 24.3 Å². The molecule has 0 spiro atoms. The first-order chi connectivity index (χ1) is 11.8. The van der Waals surface area contributed by atoms with Gasteiger partial charge in [-0.05, 0) is 24.3 Å². The van der Waals surface area contributed by atoms with Gasteiger partial charge in [0, 0.05) is 26.6 Å². The molecule has 130 valence electrons. The fraction of sp³-hybridized carbons (Fsp3) is 0.562. The van der Waals surface area contributed by atoms with Gasteiger partial charge in [0.15, 0.2) is 5.82 Å². The summed E-state index contributed by atoms with van der Waals surface area (Å²) in [6, 6.07) is 3.77. The number of hydrogen-bond donors (Lipinski definition) is 0. The molecule has 24 heavy (non-hydrogen) atoms. The highest BCUT2D eigenvalue weighted by atomic mass is 32.1. The molecule has 8 heteroatoms. The molecule has 2 aromatic heterocycles. The molecule has 0 radical (unpaired) electrons. The fourth-order valence-electron chi connectivity index (χ4n) is 2.71. The van der Waals surface area contributed by atoms with Crippen molar-refractivity contribution in [2.75, 3.05) is 26.8 Å². The summed E-state index contributed by atoms with van der Waals surface area (Å²) in [5.41, 5.74) is 0. The Morgan fingerprint density at radius 1 is 1.54 bits per heavy atom. The van der Waals surface area contributed by atoms with Crippen molar-refractivity contribution in [1.82, 2.24) is 15.0 Å². The van der Waals surface area contributed by atoms with E-state index in [2.05, 4.69) is 10.1 Å². The van der Waals surface area contributed by atoms with Crippen LogP contribution in [0.15, 0.2) is 22.0 Å². The zero-order valence-corrected chi connectivity index (χ0v) is 14.5. The number of ether oxygens (including phenoxy) is 2. The summed E-state index contributed by atoms with van der Waals surface area (Å²) in [6.45, 7) is 2.26. The normalized spacial score (nSPS) is 18.0. The van der Waals surface area contributed by atoms with Gasteiger partial charge >= 0.3 is 0 Å². The molecule has 1 fully saturated rings. The number of carbonyl (C=O) groups is 1. The summed E-state index contributed by atoms with van der Waals surface area (Å²) in [7, 11) is 1.58. The van der Waals surface area contributed by atoms with Crippen molar-refractivity contribution in [1.29, 1.82) is 0 Å². The maximum atomic E-state index is 12.4. The molecule has 2 aromatic rings. The zero-order valence-electron chi connectivity index (χ0n) is 13.6. The molecule has 1 aliphatic heterocycles. The van der Waals surface area contributed by atoms with Crippen molar-refractivity contribution < 1.29 is 18.8 Å². The SMILES string of the molecule is COCc1nc(CCOC2CCCN(C(=O)c3cccs3)C2)no1. The van der Waals surface area contributed by atoms with E-state index in [-0.39, 0.29) is 12.0 Å². The van der Waals surface area contributed by atoms with E-state index in [4.69, 9.17) is 14.0 Å². The van der Waals surface area contributed by atoms with Gasteiger partial charge in [-0.1, -0.05) is 11.2 Å². The van der Waals surface area contributed by atoms with E-state index in [1.165, 1.54) is 11.3 Å². The number of nitrogens with zero attached hydrogens (tertiary/aromatic N) is 3. The standard InChI is InChI=1S/C16H21N3O4S/c1-21-11-15-17-14(18-23-15)6-8-22-12-4-2-7-19(10-12)16(20)13-5-3-9-24-13/h3,5,9,12H,2,4,6-8,10-11H2,1H3. The van der Waals surface area contributed by atoms with Gasteiger partial charge in [-0.25, -0.2) is 0 Å². The number of likely N-dealkylation sites (tertiary alicyclic amines) is 1. The van der Waals surface area contributed by atoms with Crippen LogP contribution in [-0.2, 0) is 22.5 Å². The molecule has 3 heterocycles. The Hall–Kier alpha value is -1.77. The maximum absolute atomic E-state index is 12.4. The van der Waals surface area contributed by atoms with Crippen LogP contribution in [0.2, 0.25) is 0 Å². The molecule has 1 unspecified atom stereocenters. The van der Waals surface area contributed by atoms with Gasteiger partial charge in [0.1, 0.15) is 6.61 Å². The lowest BCUT2D eigenvalue weighted by molar-refractivity contribution is 0.00267. The van der Waals surface area contributed by atoms with Crippen molar-refractivity contribution in [2.45, 2.75) is 32.0 Å². The van der Waals surface area contributed by atoms with Crippen LogP contribution < -0.4 is 0 Å². The first-order valence-corrected chi connectivity index (χ1v) is 8.89. The first kappa shape index (κ1) is 17.1. The van der Waals surface area contributed by atoms with Gasteiger partial charge in [0.05, 0.1) is 17.6 Å². The average Bonchev–Trinajstić information content (AvgIpc) is 3.27. The molecule has 0 saturated carbocycles. The Labute approximate surface area is 144 Å². The van der Waals surface area contributed by atoms with Gasteiger partial charge in [-0.3, -0.25) is 4.79 Å². The van der Waals surface area contributed by atoms with Crippen LogP contribution in [0.3, 0.4) is 0 Å². The zero-order chi connectivity index (χ0) is 16.8. The van der Waals surface area contributed by atoms with Crippen LogP contribution in [0.1, 0.15) is 34.2 Å². The van der Waals surface area contributed by atoms with Crippen molar-refractivity contribution in [3.63, 3.8) is 0 Å². The van der Waals surface area contributed by atoms with Crippen molar-refractivity contribution >= 4 is 17.2 Å². The van der Waals surface area contributed by atoms with E-state index in [9.17, 15) is 4.79 Å². The van der Waals surface area contributed by atoms with Crippen LogP contribution in [0.5, 0.6) is 0 Å². The van der Waals surface area contributed by atoms with Gasteiger partial charge in [-0.2, -0.15) is 4.98 Å². The lowest BCUT2D eigenvalue weighted by atomic mass is 10.1. The summed E-state index contributed by atoms with van der Waals surface area (Å²) >= 11 is 1.48. The number of rotatable bonds is 7. The number of piperidine rings is 1. The highest BCUT2D eigenvalue weighted by molar-refractivity contribution is 7.12. The largest absolute Gasteiger partial charge is 0.376 e. The predicted molar refractivity (Wildman–Crippen MR) is 87.9 cm³/mol. The molecular formula is C16H21N3O4S. The average molecular weight is 351 g/mol. The number of carbonyl (C=O) groups excluding carboxylic acids is 1.